The first kappa shape index (κ1) is 28.9. The molecule has 0 amide bonds. The van der Waals surface area contributed by atoms with Crippen molar-refractivity contribution in [1.82, 2.24) is 19.9 Å². The fourth-order valence-corrected chi connectivity index (χ4v) is 7.09. The van der Waals surface area contributed by atoms with Crippen LogP contribution in [0.3, 0.4) is 0 Å². The van der Waals surface area contributed by atoms with E-state index < -0.39 is 15.7 Å². The van der Waals surface area contributed by atoms with E-state index in [1.54, 1.807) is 37.4 Å². The van der Waals surface area contributed by atoms with E-state index in [9.17, 15) is 12.8 Å². The molecule has 3 aromatic rings. The van der Waals surface area contributed by atoms with Crippen molar-refractivity contribution in [3.05, 3.63) is 22.7 Å². The lowest BCUT2D eigenvalue weighted by molar-refractivity contribution is 0.0603. The summed E-state index contributed by atoms with van der Waals surface area (Å²) in [6, 6.07) is 1.70. The largest absolute Gasteiger partial charge is 0.480 e. The van der Waals surface area contributed by atoms with Gasteiger partial charge in [-0.2, -0.15) is 0 Å². The van der Waals surface area contributed by atoms with Crippen molar-refractivity contribution in [3.8, 4) is 17.1 Å². The fraction of sp³-hybridized carbons (Fsp3) is 0.593. The van der Waals surface area contributed by atoms with Crippen molar-refractivity contribution >= 4 is 43.2 Å². The first-order valence-electron chi connectivity index (χ1n) is 13.5. The Morgan fingerprint density at radius 2 is 1.90 bits per heavy atom. The minimum Gasteiger partial charge on any atom is -0.480 e. The first-order chi connectivity index (χ1) is 18.9. The molecule has 0 unspecified atom stereocenters. The summed E-state index contributed by atoms with van der Waals surface area (Å²) in [6.07, 6.45) is 4.40. The van der Waals surface area contributed by atoms with E-state index in [-0.39, 0.29) is 17.5 Å². The quantitative estimate of drug-likeness (QED) is 0.411. The lowest BCUT2D eigenvalue weighted by Crippen LogP contribution is -2.39. The van der Waals surface area contributed by atoms with Crippen LogP contribution in [-0.4, -0.2) is 86.7 Å². The zero-order valence-corrected chi connectivity index (χ0v) is 25.3. The van der Waals surface area contributed by atoms with Gasteiger partial charge in [0.1, 0.15) is 11.4 Å². The Kier molecular flexibility index (Phi) is 8.20. The van der Waals surface area contributed by atoms with Crippen LogP contribution in [0.1, 0.15) is 37.1 Å². The third kappa shape index (κ3) is 6.32. The number of nitrogens with zero attached hydrogens (tertiary/aromatic N) is 5. The van der Waals surface area contributed by atoms with E-state index in [1.165, 1.54) is 7.11 Å². The lowest BCUT2D eigenvalue weighted by atomic mass is 9.84. The number of ether oxygens (including phenoxy) is 2. The number of rotatable bonds is 8. The number of thiophene rings is 1. The average Bonchev–Trinajstić information content (AvgIpc) is 3.22. The standard InChI is InChI=1S/C27H37FN6O4S2/c1-17-20(16-33-8-6-19(7-9-33)27(2,3)28)23-24(39-17)22(30-26(31-23)34-10-12-38-13-11-34)18-14-21(32-40(5,35)36)25(37-4)29-15-18/h14-15,19,32H,6-13,16H2,1-5H3. The number of hydrogen-bond donors (Lipinski definition) is 1. The second-order valence-electron chi connectivity index (χ2n) is 11.1. The predicted octanol–water partition coefficient (Wildman–Crippen LogP) is 4.24. The smallest absolute Gasteiger partial charge is 0.238 e. The molecule has 0 radical (unpaired) electrons. The Balaban J connectivity index is 1.57. The van der Waals surface area contributed by atoms with Gasteiger partial charge in [-0.25, -0.2) is 27.8 Å². The molecule has 0 aromatic carbocycles. The van der Waals surface area contributed by atoms with Gasteiger partial charge in [-0.3, -0.25) is 9.62 Å². The zero-order chi connectivity index (χ0) is 28.7. The third-order valence-electron chi connectivity index (χ3n) is 7.67. The molecule has 10 nitrogen and oxygen atoms in total. The number of sulfonamides is 1. The summed E-state index contributed by atoms with van der Waals surface area (Å²) in [5.74, 6) is 0.857. The number of pyridine rings is 1. The molecule has 2 aliphatic heterocycles. The topological polar surface area (TPSA) is 110 Å². The molecule has 2 aliphatic rings. The van der Waals surface area contributed by atoms with Crippen molar-refractivity contribution in [2.75, 3.05) is 62.4 Å². The van der Waals surface area contributed by atoms with Gasteiger partial charge in [0.15, 0.2) is 0 Å². The van der Waals surface area contributed by atoms with Gasteiger partial charge in [-0.1, -0.05) is 0 Å². The van der Waals surface area contributed by atoms with Crippen LogP contribution in [0.4, 0.5) is 16.0 Å². The molecule has 1 N–H and O–H groups in total. The molecule has 0 spiro atoms. The van der Waals surface area contributed by atoms with Gasteiger partial charge in [-0.15, -0.1) is 11.3 Å². The minimum atomic E-state index is -3.56. The summed E-state index contributed by atoms with van der Waals surface area (Å²) in [6.45, 7) is 10.4. The Hall–Kier alpha value is -2.61. The van der Waals surface area contributed by atoms with Crippen LogP contribution < -0.4 is 14.4 Å². The highest BCUT2D eigenvalue weighted by Crippen LogP contribution is 2.40. The molecule has 40 heavy (non-hydrogen) atoms. The Labute approximate surface area is 239 Å². The van der Waals surface area contributed by atoms with Crippen molar-refractivity contribution < 1.29 is 22.3 Å². The highest BCUT2D eigenvalue weighted by Gasteiger charge is 2.33. The molecule has 2 fully saturated rings. The van der Waals surface area contributed by atoms with Gasteiger partial charge in [-0.05, 0) is 58.7 Å². The van der Waals surface area contributed by atoms with Gasteiger partial charge in [0.05, 0.1) is 42.5 Å². The van der Waals surface area contributed by atoms with Gasteiger partial charge >= 0.3 is 0 Å². The second-order valence-corrected chi connectivity index (χ2v) is 14.0. The summed E-state index contributed by atoms with van der Waals surface area (Å²) in [5, 5.41) is 0. The summed E-state index contributed by atoms with van der Waals surface area (Å²) >= 11 is 1.63. The Morgan fingerprint density at radius 1 is 1.20 bits per heavy atom. The molecular formula is C27H37FN6O4S2. The van der Waals surface area contributed by atoms with Crippen LogP contribution in [0.15, 0.2) is 12.3 Å². The molecule has 0 bridgehead atoms. The van der Waals surface area contributed by atoms with Gasteiger partial charge < -0.3 is 14.4 Å². The summed E-state index contributed by atoms with van der Waals surface area (Å²) in [4.78, 5) is 20.1. The molecule has 5 rings (SSSR count). The number of halogens is 1. The van der Waals surface area contributed by atoms with Gasteiger partial charge in [0.25, 0.3) is 0 Å². The van der Waals surface area contributed by atoms with E-state index >= 15 is 0 Å². The van der Waals surface area contributed by atoms with Gasteiger partial charge in [0, 0.05) is 41.8 Å². The number of aryl methyl sites for hydroxylation is 1. The lowest BCUT2D eigenvalue weighted by Gasteiger charge is -2.36. The maximum absolute atomic E-state index is 14.5. The molecule has 13 heteroatoms. The van der Waals surface area contributed by atoms with Gasteiger partial charge in [0.2, 0.25) is 21.9 Å². The van der Waals surface area contributed by atoms with Crippen molar-refractivity contribution in [2.45, 2.75) is 45.8 Å². The number of aromatic nitrogens is 3. The molecule has 0 atom stereocenters. The Morgan fingerprint density at radius 3 is 2.52 bits per heavy atom. The van der Waals surface area contributed by atoms with Crippen LogP contribution in [0, 0.1) is 12.8 Å². The van der Waals surface area contributed by atoms with E-state index in [0.29, 0.717) is 43.5 Å². The summed E-state index contributed by atoms with van der Waals surface area (Å²) in [7, 11) is -2.11. The Bertz CT molecular complexity index is 1480. The molecule has 2 saturated heterocycles. The highest BCUT2D eigenvalue weighted by atomic mass is 32.2. The average molecular weight is 593 g/mol. The van der Waals surface area contributed by atoms with Crippen LogP contribution in [0.2, 0.25) is 0 Å². The van der Waals surface area contributed by atoms with Crippen molar-refractivity contribution in [1.29, 1.82) is 0 Å². The maximum Gasteiger partial charge on any atom is 0.238 e. The molecule has 3 aromatic heterocycles. The number of anilines is 2. The number of morpholine rings is 1. The zero-order valence-electron chi connectivity index (χ0n) is 23.7. The SMILES string of the molecule is COc1ncc(-c2nc(N3CCOCC3)nc3c(CN4CCC(C(C)(C)F)CC4)c(C)sc23)cc1NS(C)(=O)=O. The molecule has 5 heterocycles. The molecule has 0 saturated carbocycles. The summed E-state index contributed by atoms with van der Waals surface area (Å²) < 4.78 is 52.9. The monoisotopic (exact) mass is 592 g/mol. The van der Waals surface area contributed by atoms with Crippen LogP contribution in [0.25, 0.3) is 21.5 Å². The van der Waals surface area contributed by atoms with E-state index in [2.05, 4.69) is 26.4 Å². The van der Waals surface area contributed by atoms with Crippen LogP contribution >= 0.6 is 11.3 Å². The maximum atomic E-state index is 14.5. The minimum absolute atomic E-state index is 0.0724. The van der Waals surface area contributed by atoms with Crippen molar-refractivity contribution in [3.63, 3.8) is 0 Å². The number of likely N-dealkylation sites (tertiary alicyclic amines) is 1. The number of fused-ring (bicyclic) bond motifs is 1. The fourth-order valence-electron chi connectivity index (χ4n) is 5.43. The number of hydrogen-bond acceptors (Lipinski definition) is 10. The van der Waals surface area contributed by atoms with E-state index in [4.69, 9.17) is 19.4 Å². The molecule has 218 valence electrons. The number of methoxy groups -OCH3 is 1. The normalized spacial score (nSPS) is 17.9. The third-order valence-corrected chi connectivity index (χ3v) is 9.40. The molecular weight excluding hydrogens is 555 g/mol. The highest BCUT2D eigenvalue weighted by molar-refractivity contribution is 7.92. The van der Waals surface area contributed by atoms with Crippen LogP contribution in [-0.2, 0) is 21.3 Å². The molecule has 0 aliphatic carbocycles. The van der Waals surface area contributed by atoms with Crippen molar-refractivity contribution in [2.24, 2.45) is 5.92 Å². The number of piperidine rings is 1. The van der Waals surface area contributed by atoms with E-state index in [1.807, 2.05) is 0 Å². The second kappa shape index (κ2) is 11.3. The van der Waals surface area contributed by atoms with E-state index in [0.717, 1.165) is 59.4 Å². The first-order valence-corrected chi connectivity index (χ1v) is 16.2. The number of alkyl halides is 1. The summed E-state index contributed by atoms with van der Waals surface area (Å²) in [5.41, 5.74) is 2.46. The predicted molar refractivity (Wildman–Crippen MR) is 157 cm³/mol. The van der Waals surface area contributed by atoms with Crippen LogP contribution in [0.5, 0.6) is 5.88 Å². The number of nitrogens with one attached hydrogen (secondary N) is 1.